The van der Waals surface area contributed by atoms with Crippen molar-refractivity contribution in [2.75, 3.05) is 26.7 Å². The molecule has 0 radical (unpaired) electrons. The van der Waals surface area contributed by atoms with Gasteiger partial charge in [0.25, 0.3) is 0 Å². The Morgan fingerprint density at radius 2 is 1.90 bits per heavy atom. The first-order valence-electron chi connectivity index (χ1n) is 10.2. The van der Waals surface area contributed by atoms with Crippen molar-refractivity contribution < 1.29 is 23.1 Å². The van der Waals surface area contributed by atoms with Gasteiger partial charge < -0.3 is 19.2 Å². The largest absolute Gasteiger partial charge is 0.593 e. The van der Waals surface area contributed by atoms with E-state index in [1.165, 1.54) is 11.4 Å². The lowest BCUT2D eigenvalue weighted by molar-refractivity contribution is -0.141. The second-order valence-electron chi connectivity index (χ2n) is 7.68. The second-order valence-corrected chi connectivity index (χ2v) is 9.62. The Kier molecular flexibility index (Phi) is 6.17. The fraction of sp³-hybridized carbons (Fsp3) is 0.500. The molecule has 1 aromatic carbocycles. The average Bonchev–Trinajstić information content (AvgIpc) is 3.40. The van der Waals surface area contributed by atoms with Gasteiger partial charge in [-0.3, -0.25) is 9.59 Å². The number of methoxy groups -OCH3 is 1. The molecule has 2 atom stereocenters. The number of nitrogens with one attached hydrogen (secondary N) is 1. The van der Waals surface area contributed by atoms with Gasteiger partial charge in [-0.2, -0.15) is 0 Å². The first kappa shape index (κ1) is 21.6. The van der Waals surface area contributed by atoms with Crippen LogP contribution in [-0.2, 0) is 35.4 Å². The van der Waals surface area contributed by atoms with Gasteiger partial charge in [0.15, 0.2) is 15.3 Å². The summed E-state index contributed by atoms with van der Waals surface area (Å²) in [6.45, 7) is 0.570. The molecule has 10 nitrogen and oxygen atoms in total. The maximum Gasteiger partial charge on any atom is 0.325 e. The van der Waals surface area contributed by atoms with E-state index in [0.29, 0.717) is 49.5 Å². The maximum absolute atomic E-state index is 12.9. The van der Waals surface area contributed by atoms with Gasteiger partial charge in [0.2, 0.25) is 5.91 Å². The highest BCUT2D eigenvalue weighted by atomic mass is 32.3. The first-order valence-corrected chi connectivity index (χ1v) is 11.7. The number of hydrogen-bond donors (Lipinski definition) is 1. The summed E-state index contributed by atoms with van der Waals surface area (Å²) in [5.74, 6) is 0.685. The van der Waals surface area contributed by atoms with Crippen molar-refractivity contribution in [1.29, 1.82) is 0 Å². The quantitative estimate of drug-likeness (QED) is 0.513. The van der Waals surface area contributed by atoms with E-state index in [1.807, 2.05) is 4.57 Å². The number of sulfonamides is 1. The van der Waals surface area contributed by atoms with Crippen LogP contribution in [0.15, 0.2) is 35.2 Å². The average molecular weight is 448 g/mol. The van der Waals surface area contributed by atoms with Crippen LogP contribution in [0.3, 0.4) is 0 Å². The Hall–Kier alpha value is -2.63. The summed E-state index contributed by atoms with van der Waals surface area (Å²) in [5, 5.41) is 11.2. The number of amides is 1. The summed E-state index contributed by atoms with van der Waals surface area (Å²) >= 11 is 0. The molecule has 2 aliphatic rings. The molecule has 1 N–H and O–H groups in total. The lowest BCUT2D eigenvalue weighted by Crippen LogP contribution is -2.42. The molecule has 1 amide bonds. The molecule has 0 aliphatic carbocycles. The zero-order chi connectivity index (χ0) is 22.0. The molecule has 31 heavy (non-hydrogen) atoms. The minimum Gasteiger partial charge on any atom is -0.593 e. The van der Waals surface area contributed by atoms with Gasteiger partial charge in [-0.05, 0) is 31.4 Å². The van der Waals surface area contributed by atoms with Crippen LogP contribution in [0.4, 0.5) is 0 Å². The van der Waals surface area contributed by atoms with Gasteiger partial charge in [-0.25, -0.2) is 0 Å². The van der Waals surface area contributed by atoms with Crippen molar-refractivity contribution in [3.8, 4) is 0 Å². The predicted octanol–water partition coefficient (Wildman–Crippen LogP) is 0.838. The lowest BCUT2D eigenvalue weighted by atomic mass is 9.97. The molecule has 1 fully saturated rings. The molecule has 0 bridgehead atoms. The van der Waals surface area contributed by atoms with E-state index >= 15 is 0 Å². The second kappa shape index (κ2) is 8.85. The maximum atomic E-state index is 12.9. The number of rotatable bonds is 6. The number of benzene rings is 1. The van der Waals surface area contributed by atoms with Crippen LogP contribution in [0.25, 0.3) is 0 Å². The van der Waals surface area contributed by atoms with Gasteiger partial charge in [0.1, 0.15) is 24.2 Å². The monoisotopic (exact) mass is 447 g/mol. The molecule has 11 heteroatoms. The molecule has 3 heterocycles. The van der Waals surface area contributed by atoms with Crippen molar-refractivity contribution >= 4 is 22.3 Å². The van der Waals surface area contributed by atoms with Gasteiger partial charge in [0, 0.05) is 25.4 Å². The molecular weight excluding hydrogens is 422 g/mol. The van der Waals surface area contributed by atoms with Crippen molar-refractivity contribution in [3.63, 3.8) is 0 Å². The molecule has 2 aromatic rings. The van der Waals surface area contributed by atoms with Gasteiger partial charge in [-0.1, -0.05) is 22.4 Å². The Morgan fingerprint density at radius 1 is 1.19 bits per heavy atom. The molecule has 1 aromatic heterocycles. The van der Waals surface area contributed by atoms with E-state index in [-0.39, 0.29) is 18.4 Å². The number of aromatic nitrogens is 3. The predicted molar refractivity (Wildman–Crippen MR) is 109 cm³/mol. The number of carbonyl (C=O) groups excluding carboxylic acids is 2. The van der Waals surface area contributed by atoms with Crippen LogP contribution < -0.4 is 5.32 Å². The summed E-state index contributed by atoms with van der Waals surface area (Å²) in [4.78, 5) is 24.2. The van der Waals surface area contributed by atoms with E-state index in [0.717, 1.165) is 5.82 Å². The summed E-state index contributed by atoms with van der Waals surface area (Å²) < 4.78 is 33.7. The third-order valence-electron chi connectivity index (χ3n) is 5.88. The Labute approximate surface area is 181 Å². The van der Waals surface area contributed by atoms with Crippen LogP contribution in [0.1, 0.15) is 42.9 Å². The van der Waals surface area contributed by atoms with E-state index in [2.05, 4.69) is 20.3 Å². The number of esters is 1. The number of hydrogen-bond acceptors (Lipinski definition) is 7. The first-order chi connectivity index (χ1) is 14.9. The number of aryl methyl sites for hydroxylation is 1. The van der Waals surface area contributed by atoms with Gasteiger partial charge >= 0.3 is 5.97 Å². The number of piperidine rings is 1. The highest BCUT2D eigenvalue weighted by Crippen LogP contribution is 2.35. The topological polar surface area (TPSA) is 129 Å². The number of nitrogens with zero attached hydrogens (tertiary/aromatic N) is 4. The highest BCUT2D eigenvalue weighted by molar-refractivity contribution is 7.95. The fourth-order valence-electron chi connectivity index (χ4n) is 4.21. The molecule has 2 aliphatic heterocycles. The fourth-order valence-corrected chi connectivity index (χ4v) is 5.71. The SMILES string of the molecule is COC(=O)CNC(=O)C1CCc2nnc(C3CCN([S+](=O)([O-])c4ccccc4)CC3)n21. The summed E-state index contributed by atoms with van der Waals surface area (Å²) in [7, 11) is -2.26. The van der Waals surface area contributed by atoms with Gasteiger partial charge in [0.05, 0.1) is 7.11 Å². The normalized spacial score (nSPS) is 21.3. The summed E-state index contributed by atoms with van der Waals surface area (Å²) in [6, 6.07) is 7.94. The minimum atomic E-state index is -3.53. The lowest BCUT2D eigenvalue weighted by Gasteiger charge is -2.33. The third kappa shape index (κ3) is 4.25. The van der Waals surface area contributed by atoms with E-state index in [4.69, 9.17) is 0 Å². The third-order valence-corrected chi connectivity index (χ3v) is 7.80. The van der Waals surface area contributed by atoms with Crippen molar-refractivity contribution in [3.05, 3.63) is 42.0 Å². The van der Waals surface area contributed by atoms with Crippen molar-refractivity contribution in [2.24, 2.45) is 0 Å². The van der Waals surface area contributed by atoms with Crippen LogP contribution >= 0.6 is 0 Å². The molecule has 166 valence electrons. The minimum absolute atomic E-state index is 0.0116. The molecule has 4 rings (SSSR count). The zero-order valence-electron chi connectivity index (χ0n) is 17.2. The van der Waals surface area contributed by atoms with Crippen molar-refractivity contribution in [1.82, 2.24) is 24.4 Å². The molecule has 0 saturated carbocycles. The van der Waals surface area contributed by atoms with Crippen LogP contribution in [0, 0.1) is 0 Å². The smallest absolute Gasteiger partial charge is 0.325 e. The Bertz CT molecular complexity index is 1000. The van der Waals surface area contributed by atoms with Crippen LogP contribution in [0.5, 0.6) is 0 Å². The highest BCUT2D eigenvalue weighted by Gasteiger charge is 2.39. The molecule has 0 spiro atoms. The number of carbonyl (C=O) groups is 2. The molecular formula is C20H25N5O5S. The molecule has 2 unspecified atom stereocenters. The Balaban J connectivity index is 1.44. The standard InChI is InChI=1S/C20H25N5O5S/c1-30-18(26)13-21-20(27)16-7-8-17-22-23-19(25(16)17)14-9-11-24(12-10-14)31(28,29)15-5-3-2-4-6-15/h2-6,14,16H,7-13H2,1H3,(H-,21,27,28,29). The van der Waals surface area contributed by atoms with Crippen LogP contribution in [0.2, 0.25) is 0 Å². The number of ether oxygens (including phenoxy) is 1. The summed E-state index contributed by atoms with van der Waals surface area (Å²) in [5.41, 5.74) is 0. The van der Waals surface area contributed by atoms with E-state index in [9.17, 15) is 18.4 Å². The van der Waals surface area contributed by atoms with E-state index < -0.39 is 22.4 Å². The van der Waals surface area contributed by atoms with Gasteiger partial charge in [-0.15, -0.1) is 14.5 Å². The zero-order valence-corrected chi connectivity index (χ0v) is 18.0. The Morgan fingerprint density at radius 3 is 2.58 bits per heavy atom. The van der Waals surface area contributed by atoms with Crippen LogP contribution in [-0.4, -0.2) is 62.2 Å². The van der Waals surface area contributed by atoms with Crippen molar-refractivity contribution in [2.45, 2.75) is 42.5 Å². The summed E-state index contributed by atoms with van der Waals surface area (Å²) in [6.07, 6.45) is 2.41. The number of fused-ring (bicyclic) bond motifs is 1. The molecule has 1 saturated heterocycles. The van der Waals surface area contributed by atoms with E-state index in [1.54, 1.807) is 30.3 Å².